The Labute approximate surface area is 60.8 Å². The molecule has 9 heavy (non-hydrogen) atoms. The molecule has 2 nitrogen and oxygen atoms in total. The Morgan fingerprint density at radius 2 is 2.11 bits per heavy atom. The number of nitrogens with two attached hydrogens (primary N) is 1. The highest BCUT2D eigenvalue weighted by Gasteiger charge is 2.23. The summed E-state index contributed by atoms with van der Waals surface area (Å²) < 4.78 is -0.00521. The zero-order valence-corrected chi connectivity index (χ0v) is 7.03. The average molecular weight is 149 g/mol. The van der Waals surface area contributed by atoms with Crippen LogP contribution in [-0.4, -0.2) is 28.8 Å². The summed E-state index contributed by atoms with van der Waals surface area (Å²) in [5.74, 6) is 0. The Hall–Kier alpha value is 0.270. The lowest BCUT2D eigenvalue weighted by Crippen LogP contribution is -2.43. The van der Waals surface area contributed by atoms with E-state index in [-0.39, 0.29) is 17.4 Å². The topological polar surface area (TPSA) is 46.2 Å². The van der Waals surface area contributed by atoms with Crippen molar-refractivity contribution >= 4 is 11.8 Å². The van der Waals surface area contributed by atoms with Gasteiger partial charge < -0.3 is 10.8 Å². The molecule has 0 aliphatic heterocycles. The molecule has 0 unspecified atom stereocenters. The van der Waals surface area contributed by atoms with Gasteiger partial charge in [0.15, 0.2) is 0 Å². The minimum Gasteiger partial charge on any atom is -0.395 e. The second-order valence-corrected chi connectivity index (χ2v) is 4.06. The first-order valence-corrected chi connectivity index (χ1v) is 4.18. The zero-order chi connectivity index (χ0) is 7.49. The average Bonchev–Trinajstić information content (AvgIpc) is 1.86. The van der Waals surface area contributed by atoms with Gasteiger partial charge in [0.05, 0.1) is 6.61 Å². The maximum Gasteiger partial charge on any atom is 0.0595 e. The maximum absolute atomic E-state index is 8.66. The van der Waals surface area contributed by atoms with Crippen molar-refractivity contribution in [2.75, 3.05) is 12.9 Å². The minimum absolute atomic E-state index is 0.00521. The van der Waals surface area contributed by atoms with Crippen molar-refractivity contribution in [2.45, 2.75) is 24.6 Å². The molecule has 56 valence electrons. The first-order chi connectivity index (χ1) is 4.04. The van der Waals surface area contributed by atoms with Crippen LogP contribution in [0, 0.1) is 0 Å². The summed E-state index contributed by atoms with van der Waals surface area (Å²) >= 11 is 1.67. The number of hydrogen-bond donors (Lipinski definition) is 2. The van der Waals surface area contributed by atoms with E-state index in [9.17, 15) is 0 Å². The molecule has 0 aliphatic carbocycles. The number of rotatable bonds is 3. The molecule has 0 bridgehead atoms. The summed E-state index contributed by atoms with van der Waals surface area (Å²) in [6.45, 7) is 4.12. The second kappa shape index (κ2) is 3.44. The third kappa shape index (κ3) is 2.56. The fourth-order valence-electron chi connectivity index (χ4n) is 0.371. The Balaban J connectivity index is 3.80. The molecule has 0 aromatic carbocycles. The van der Waals surface area contributed by atoms with Gasteiger partial charge in [0.2, 0.25) is 0 Å². The van der Waals surface area contributed by atoms with E-state index in [1.54, 1.807) is 11.8 Å². The third-order valence-corrected chi connectivity index (χ3v) is 2.97. The summed E-state index contributed by atoms with van der Waals surface area (Å²) in [5.41, 5.74) is 5.59. The van der Waals surface area contributed by atoms with Gasteiger partial charge in [-0.15, -0.1) is 0 Å². The number of aliphatic hydroxyl groups excluding tert-OH is 1. The van der Waals surface area contributed by atoms with Crippen LogP contribution >= 0.6 is 11.8 Å². The molecular formula is C6H15NOS. The van der Waals surface area contributed by atoms with Crippen molar-refractivity contribution in [3.05, 3.63) is 0 Å². The highest BCUT2D eigenvalue weighted by molar-refractivity contribution is 8.00. The van der Waals surface area contributed by atoms with Crippen LogP contribution in [0.5, 0.6) is 0 Å². The summed E-state index contributed by atoms with van der Waals surface area (Å²) in [6.07, 6.45) is 2.00. The van der Waals surface area contributed by atoms with Gasteiger partial charge in [-0.2, -0.15) is 11.8 Å². The quantitative estimate of drug-likeness (QED) is 0.612. The minimum atomic E-state index is -0.118. The van der Waals surface area contributed by atoms with Crippen molar-refractivity contribution < 1.29 is 5.11 Å². The Kier molecular flexibility index (Phi) is 3.54. The molecule has 0 aromatic rings. The molecule has 0 aliphatic rings. The van der Waals surface area contributed by atoms with E-state index in [1.807, 2.05) is 20.1 Å². The maximum atomic E-state index is 8.66. The van der Waals surface area contributed by atoms with Crippen molar-refractivity contribution in [3.8, 4) is 0 Å². The highest BCUT2D eigenvalue weighted by Crippen LogP contribution is 2.23. The summed E-state index contributed by atoms with van der Waals surface area (Å²) in [6, 6.07) is -0.118. The van der Waals surface area contributed by atoms with Gasteiger partial charge in [0, 0.05) is 10.8 Å². The predicted molar refractivity (Wildman–Crippen MR) is 42.7 cm³/mol. The first kappa shape index (κ1) is 9.27. The molecule has 0 spiro atoms. The van der Waals surface area contributed by atoms with Crippen molar-refractivity contribution in [1.29, 1.82) is 0 Å². The van der Waals surface area contributed by atoms with Gasteiger partial charge in [-0.05, 0) is 20.1 Å². The van der Waals surface area contributed by atoms with E-state index < -0.39 is 0 Å². The Bertz CT molecular complexity index is 85.1. The largest absolute Gasteiger partial charge is 0.395 e. The molecule has 3 heteroatoms. The lowest BCUT2D eigenvalue weighted by molar-refractivity contribution is 0.248. The van der Waals surface area contributed by atoms with Crippen LogP contribution in [0.25, 0.3) is 0 Å². The van der Waals surface area contributed by atoms with Gasteiger partial charge >= 0.3 is 0 Å². The molecule has 0 radical (unpaired) electrons. The molecule has 0 fully saturated rings. The van der Waals surface area contributed by atoms with Gasteiger partial charge in [-0.3, -0.25) is 0 Å². The Morgan fingerprint density at radius 3 is 2.22 bits per heavy atom. The SMILES string of the molecule is CSC(C)(C)[C@H](N)CO. The van der Waals surface area contributed by atoms with E-state index in [0.717, 1.165) is 0 Å². The van der Waals surface area contributed by atoms with E-state index in [2.05, 4.69) is 0 Å². The molecular weight excluding hydrogens is 134 g/mol. The van der Waals surface area contributed by atoms with Crippen LogP contribution in [0.2, 0.25) is 0 Å². The zero-order valence-electron chi connectivity index (χ0n) is 6.22. The second-order valence-electron chi connectivity index (χ2n) is 2.60. The van der Waals surface area contributed by atoms with Gasteiger partial charge in [0.1, 0.15) is 0 Å². The van der Waals surface area contributed by atoms with Crippen LogP contribution in [-0.2, 0) is 0 Å². The third-order valence-electron chi connectivity index (χ3n) is 1.62. The first-order valence-electron chi connectivity index (χ1n) is 2.96. The molecule has 0 rings (SSSR count). The van der Waals surface area contributed by atoms with E-state index in [0.29, 0.717) is 0 Å². The van der Waals surface area contributed by atoms with Crippen LogP contribution in [0.3, 0.4) is 0 Å². The van der Waals surface area contributed by atoms with Crippen molar-refractivity contribution in [2.24, 2.45) is 5.73 Å². The molecule has 0 amide bonds. The predicted octanol–water partition coefficient (Wildman–Crippen LogP) is 0.448. The highest BCUT2D eigenvalue weighted by atomic mass is 32.2. The van der Waals surface area contributed by atoms with Crippen LogP contribution in [0.1, 0.15) is 13.8 Å². The fourth-order valence-corrected chi connectivity index (χ4v) is 0.749. The van der Waals surface area contributed by atoms with Crippen molar-refractivity contribution in [1.82, 2.24) is 0 Å². The standard InChI is InChI=1S/C6H15NOS/c1-6(2,9-3)5(7)4-8/h5,8H,4,7H2,1-3H3/t5-/m1/s1. The molecule has 0 saturated heterocycles. The molecule has 0 saturated carbocycles. The number of hydrogen-bond acceptors (Lipinski definition) is 3. The monoisotopic (exact) mass is 149 g/mol. The van der Waals surface area contributed by atoms with E-state index >= 15 is 0 Å². The van der Waals surface area contributed by atoms with E-state index in [1.165, 1.54) is 0 Å². The number of aliphatic hydroxyl groups is 1. The van der Waals surface area contributed by atoms with Gasteiger partial charge in [0.25, 0.3) is 0 Å². The molecule has 0 aromatic heterocycles. The normalized spacial score (nSPS) is 15.7. The lowest BCUT2D eigenvalue weighted by Gasteiger charge is -2.27. The van der Waals surface area contributed by atoms with Crippen LogP contribution < -0.4 is 5.73 Å². The van der Waals surface area contributed by atoms with Gasteiger partial charge in [-0.1, -0.05) is 0 Å². The van der Waals surface area contributed by atoms with Crippen LogP contribution in [0.4, 0.5) is 0 Å². The van der Waals surface area contributed by atoms with Gasteiger partial charge in [-0.25, -0.2) is 0 Å². The molecule has 0 heterocycles. The summed E-state index contributed by atoms with van der Waals surface area (Å²) in [4.78, 5) is 0. The summed E-state index contributed by atoms with van der Waals surface area (Å²) in [5, 5.41) is 8.66. The number of thioether (sulfide) groups is 1. The molecule has 1 atom stereocenters. The Morgan fingerprint density at radius 1 is 1.67 bits per heavy atom. The summed E-state index contributed by atoms with van der Waals surface area (Å²) in [7, 11) is 0. The van der Waals surface area contributed by atoms with Crippen molar-refractivity contribution in [3.63, 3.8) is 0 Å². The smallest absolute Gasteiger partial charge is 0.0595 e. The fraction of sp³-hybridized carbons (Fsp3) is 1.00. The van der Waals surface area contributed by atoms with E-state index in [4.69, 9.17) is 10.8 Å². The van der Waals surface area contributed by atoms with Crippen LogP contribution in [0.15, 0.2) is 0 Å². The lowest BCUT2D eigenvalue weighted by atomic mass is 10.1. The molecule has 3 N–H and O–H groups in total.